The van der Waals surface area contributed by atoms with Crippen LogP contribution in [-0.2, 0) is 13.0 Å². The summed E-state index contributed by atoms with van der Waals surface area (Å²) in [5, 5.41) is 10.8. The van der Waals surface area contributed by atoms with Crippen LogP contribution in [0.15, 0.2) is 71.7 Å². The van der Waals surface area contributed by atoms with Crippen molar-refractivity contribution in [3.8, 4) is 11.1 Å². The topological polar surface area (TPSA) is 84.4 Å². The average Bonchev–Trinajstić information content (AvgIpc) is 2.76. The highest BCUT2D eigenvalue weighted by molar-refractivity contribution is 5.89. The van der Waals surface area contributed by atoms with E-state index < -0.39 is 5.56 Å². The Labute approximate surface area is 167 Å². The lowest BCUT2D eigenvalue weighted by Crippen LogP contribution is -2.32. The Kier molecular flexibility index (Phi) is 3.98. The number of hydrogen-bond donors (Lipinski definition) is 2. The lowest BCUT2D eigenvalue weighted by molar-refractivity contribution is 0.186. The van der Waals surface area contributed by atoms with Gasteiger partial charge in [-0.3, -0.25) is 4.79 Å². The van der Waals surface area contributed by atoms with Crippen LogP contribution >= 0.6 is 0 Å². The molecule has 0 aliphatic carbocycles. The van der Waals surface area contributed by atoms with E-state index in [1.807, 2.05) is 36.4 Å². The van der Waals surface area contributed by atoms with E-state index in [0.717, 1.165) is 40.9 Å². The van der Waals surface area contributed by atoms with Crippen molar-refractivity contribution >= 4 is 22.4 Å². The van der Waals surface area contributed by atoms with E-state index in [9.17, 15) is 10.0 Å². The normalized spacial score (nSPS) is 13.4. The first-order chi connectivity index (χ1) is 14.1. The lowest BCUT2D eigenvalue weighted by Gasteiger charge is -2.31. The summed E-state index contributed by atoms with van der Waals surface area (Å²) in [6.45, 7) is 1.49. The number of nitrogens with zero attached hydrogens (tertiary/aromatic N) is 3. The number of aromatic nitrogens is 2. The molecular weight excluding hydrogens is 364 g/mol. The van der Waals surface area contributed by atoms with Gasteiger partial charge in [0, 0.05) is 36.4 Å². The smallest absolute Gasteiger partial charge is 0.286 e. The maximum Gasteiger partial charge on any atom is 0.286 e. The molecule has 29 heavy (non-hydrogen) atoms. The lowest BCUT2D eigenvalue weighted by atomic mass is 9.94. The van der Waals surface area contributed by atoms with Gasteiger partial charge in [-0.15, -0.1) is 4.73 Å². The van der Waals surface area contributed by atoms with E-state index in [2.05, 4.69) is 28.1 Å². The molecule has 2 aromatic heterocycles. The largest absolute Gasteiger partial charge is 0.423 e. The zero-order valence-corrected chi connectivity index (χ0v) is 15.7. The molecule has 0 saturated heterocycles. The Morgan fingerprint density at radius 1 is 0.966 bits per heavy atom. The molecule has 0 fully saturated rings. The Balaban J connectivity index is 1.55. The summed E-state index contributed by atoms with van der Waals surface area (Å²) in [7, 11) is 0. The van der Waals surface area contributed by atoms with Gasteiger partial charge in [-0.2, -0.15) is 0 Å². The molecule has 6 heteroatoms. The van der Waals surface area contributed by atoms with Crippen LogP contribution in [0.5, 0.6) is 0 Å². The molecule has 144 valence electrons. The zero-order valence-electron chi connectivity index (χ0n) is 15.7. The molecule has 1 aliphatic heterocycles. The van der Waals surface area contributed by atoms with Crippen molar-refractivity contribution in [1.82, 2.24) is 9.71 Å². The minimum absolute atomic E-state index is 0.274. The Hall–Kier alpha value is -3.80. The van der Waals surface area contributed by atoms with Crippen LogP contribution in [0.3, 0.4) is 0 Å². The summed E-state index contributed by atoms with van der Waals surface area (Å²) in [5.41, 5.74) is 12.0. The number of pyridine rings is 2. The Bertz CT molecular complexity index is 1280. The first-order valence-electron chi connectivity index (χ1n) is 9.53. The first kappa shape index (κ1) is 17.3. The van der Waals surface area contributed by atoms with Gasteiger partial charge in [0.2, 0.25) is 0 Å². The second-order valence-corrected chi connectivity index (χ2v) is 7.33. The van der Waals surface area contributed by atoms with Gasteiger partial charge in [0.05, 0.1) is 5.69 Å². The third kappa shape index (κ3) is 2.99. The third-order valence-corrected chi connectivity index (χ3v) is 5.54. The molecule has 3 heterocycles. The van der Waals surface area contributed by atoms with Crippen molar-refractivity contribution in [2.45, 2.75) is 13.0 Å². The summed E-state index contributed by atoms with van der Waals surface area (Å²) < 4.78 is 0.607. The minimum atomic E-state index is -0.479. The fraction of sp³-hybridized carbons (Fsp3) is 0.130. The van der Waals surface area contributed by atoms with Crippen LogP contribution in [0.25, 0.3) is 22.2 Å². The van der Waals surface area contributed by atoms with Gasteiger partial charge in [0.15, 0.2) is 5.65 Å². The van der Waals surface area contributed by atoms with Crippen molar-refractivity contribution in [2.24, 2.45) is 0 Å². The fourth-order valence-electron chi connectivity index (χ4n) is 4.01. The molecule has 0 saturated carbocycles. The van der Waals surface area contributed by atoms with Gasteiger partial charge in [0.25, 0.3) is 5.56 Å². The van der Waals surface area contributed by atoms with E-state index in [1.54, 1.807) is 6.20 Å². The van der Waals surface area contributed by atoms with Gasteiger partial charge >= 0.3 is 0 Å². The number of fused-ring (bicyclic) bond motifs is 2. The molecule has 0 radical (unpaired) electrons. The SMILES string of the molecule is Nc1ccc(-c2ccc3c(c2)CN(c2cc(=O)n(O)c4ncccc24)CC3)cc1. The molecule has 3 N–H and O–H groups in total. The minimum Gasteiger partial charge on any atom is -0.423 e. The van der Waals surface area contributed by atoms with E-state index >= 15 is 0 Å². The van der Waals surface area contributed by atoms with Crippen molar-refractivity contribution < 1.29 is 5.21 Å². The quantitative estimate of drug-likeness (QED) is 0.408. The maximum absolute atomic E-state index is 12.2. The molecule has 6 nitrogen and oxygen atoms in total. The number of anilines is 2. The average molecular weight is 384 g/mol. The van der Waals surface area contributed by atoms with Crippen LogP contribution in [0, 0.1) is 0 Å². The molecular formula is C23H20N4O2. The number of nitrogens with two attached hydrogens (primary N) is 1. The molecule has 4 aromatic rings. The summed E-state index contributed by atoms with van der Waals surface area (Å²) in [6.07, 6.45) is 2.46. The predicted molar refractivity (Wildman–Crippen MR) is 114 cm³/mol. The fourth-order valence-corrected chi connectivity index (χ4v) is 4.01. The van der Waals surface area contributed by atoms with Gasteiger partial charge in [-0.25, -0.2) is 4.98 Å². The maximum atomic E-state index is 12.2. The molecule has 5 rings (SSSR count). The highest BCUT2D eigenvalue weighted by Crippen LogP contribution is 2.31. The summed E-state index contributed by atoms with van der Waals surface area (Å²) in [4.78, 5) is 18.6. The van der Waals surface area contributed by atoms with Gasteiger partial charge in [0.1, 0.15) is 0 Å². The zero-order chi connectivity index (χ0) is 20.0. The van der Waals surface area contributed by atoms with Crippen LogP contribution < -0.4 is 16.2 Å². The first-order valence-corrected chi connectivity index (χ1v) is 9.53. The van der Waals surface area contributed by atoms with Gasteiger partial charge in [-0.05, 0) is 59.0 Å². The second-order valence-electron chi connectivity index (χ2n) is 7.33. The summed E-state index contributed by atoms with van der Waals surface area (Å²) in [6, 6.07) is 19.6. The molecule has 0 amide bonds. The van der Waals surface area contributed by atoms with Crippen LogP contribution in [0.4, 0.5) is 11.4 Å². The van der Waals surface area contributed by atoms with E-state index in [-0.39, 0.29) is 5.65 Å². The second kappa shape index (κ2) is 6.67. The number of benzene rings is 2. The van der Waals surface area contributed by atoms with E-state index in [1.165, 1.54) is 17.2 Å². The van der Waals surface area contributed by atoms with Crippen molar-refractivity contribution in [3.05, 3.63) is 88.3 Å². The molecule has 2 aromatic carbocycles. The highest BCUT2D eigenvalue weighted by atomic mass is 16.5. The Morgan fingerprint density at radius 2 is 1.76 bits per heavy atom. The van der Waals surface area contributed by atoms with E-state index in [0.29, 0.717) is 11.3 Å². The monoisotopic (exact) mass is 384 g/mol. The van der Waals surface area contributed by atoms with Gasteiger partial charge < -0.3 is 15.8 Å². The number of hydrogen-bond acceptors (Lipinski definition) is 5. The molecule has 0 spiro atoms. The van der Waals surface area contributed by atoms with Crippen LogP contribution in [0.1, 0.15) is 11.1 Å². The van der Waals surface area contributed by atoms with Crippen molar-refractivity contribution in [2.75, 3.05) is 17.2 Å². The number of rotatable bonds is 2. The van der Waals surface area contributed by atoms with Crippen molar-refractivity contribution in [1.29, 1.82) is 0 Å². The third-order valence-electron chi connectivity index (χ3n) is 5.54. The molecule has 1 aliphatic rings. The summed E-state index contributed by atoms with van der Waals surface area (Å²) in [5.74, 6) is 0. The van der Waals surface area contributed by atoms with Crippen LogP contribution in [-0.4, -0.2) is 21.5 Å². The van der Waals surface area contributed by atoms with E-state index in [4.69, 9.17) is 5.73 Å². The molecule has 0 atom stereocenters. The van der Waals surface area contributed by atoms with Gasteiger partial charge in [-0.1, -0.05) is 24.3 Å². The van der Waals surface area contributed by atoms with Crippen molar-refractivity contribution in [3.63, 3.8) is 0 Å². The molecule has 0 bridgehead atoms. The van der Waals surface area contributed by atoms with Crippen LogP contribution in [0.2, 0.25) is 0 Å². The highest BCUT2D eigenvalue weighted by Gasteiger charge is 2.21. The number of nitrogen functional groups attached to an aromatic ring is 1. The molecule has 0 unspecified atom stereocenters. The predicted octanol–water partition coefficient (Wildman–Crippen LogP) is 3.45. The summed E-state index contributed by atoms with van der Waals surface area (Å²) >= 11 is 0. The Morgan fingerprint density at radius 3 is 2.59 bits per heavy atom. The standard InChI is InChI=1S/C23H20N4O2/c24-19-7-5-15(6-8-19)17-4-3-16-9-11-26(14-18(16)12-17)21-13-22(28)27(29)23-20(21)2-1-10-25-23/h1-8,10,12-13,29H,9,11,14,24H2.